The Balaban J connectivity index is 2.11. The Morgan fingerprint density at radius 3 is 3.00 bits per heavy atom. The maximum atomic E-state index is 11.0. The molecule has 88 valence electrons. The fraction of sp³-hybridized carbons (Fsp3) is 0.182. The number of thioether (sulfide) groups is 1. The lowest BCUT2D eigenvalue weighted by Crippen LogP contribution is -2.00. The minimum Gasteiger partial charge on any atom is -0.478 e. The summed E-state index contributed by atoms with van der Waals surface area (Å²) in [5.74, 6) is -0.348. The van der Waals surface area contributed by atoms with Crippen LogP contribution in [0.4, 0.5) is 0 Å². The second-order valence-corrected chi connectivity index (χ2v) is 4.39. The Morgan fingerprint density at radius 2 is 2.35 bits per heavy atom. The van der Waals surface area contributed by atoms with E-state index in [-0.39, 0.29) is 5.56 Å². The standard InChI is InChI=1S/C11H11N3O2S/c1-14-6-4-8(13-14)7-17-10-9(11(15)16)3-2-5-12-10/h2-6H,7H2,1H3,(H,15,16). The minimum atomic E-state index is -0.957. The number of carbonyl (C=O) groups is 1. The van der Waals surface area contributed by atoms with Crippen LogP contribution in [-0.4, -0.2) is 25.8 Å². The lowest BCUT2D eigenvalue weighted by atomic mass is 10.3. The van der Waals surface area contributed by atoms with Gasteiger partial charge in [0.2, 0.25) is 0 Å². The number of nitrogens with zero attached hydrogens (tertiary/aromatic N) is 3. The maximum Gasteiger partial charge on any atom is 0.338 e. The molecule has 0 unspecified atom stereocenters. The number of carboxylic acids is 1. The average molecular weight is 249 g/mol. The Hall–Kier alpha value is -1.82. The molecule has 2 heterocycles. The SMILES string of the molecule is Cn1ccc(CSc2ncccc2C(=O)O)n1. The van der Waals surface area contributed by atoms with Gasteiger partial charge in [-0.15, -0.1) is 0 Å². The quantitative estimate of drug-likeness (QED) is 0.837. The topological polar surface area (TPSA) is 68.0 Å². The summed E-state index contributed by atoms with van der Waals surface area (Å²) in [6.45, 7) is 0. The van der Waals surface area contributed by atoms with Crippen molar-refractivity contribution in [1.82, 2.24) is 14.8 Å². The fourth-order valence-corrected chi connectivity index (χ4v) is 2.24. The second-order valence-electron chi connectivity index (χ2n) is 3.43. The van der Waals surface area contributed by atoms with Gasteiger partial charge in [0.05, 0.1) is 11.3 Å². The van der Waals surface area contributed by atoms with Crippen LogP contribution in [-0.2, 0) is 12.8 Å². The first-order valence-electron chi connectivity index (χ1n) is 4.96. The van der Waals surface area contributed by atoms with Gasteiger partial charge < -0.3 is 5.11 Å². The molecule has 2 aromatic heterocycles. The van der Waals surface area contributed by atoms with Crippen LogP contribution in [0.15, 0.2) is 35.6 Å². The molecule has 17 heavy (non-hydrogen) atoms. The van der Waals surface area contributed by atoms with Crippen LogP contribution in [0.5, 0.6) is 0 Å². The highest BCUT2D eigenvalue weighted by Gasteiger charge is 2.11. The van der Waals surface area contributed by atoms with Crippen molar-refractivity contribution in [3.05, 3.63) is 41.9 Å². The number of pyridine rings is 1. The summed E-state index contributed by atoms with van der Waals surface area (Å²) in [7, 11) is 1.84. The molecule has 1 N–H and O–H groups in total. The van der Waals surface area contributed by atoms with E-state index < -0.39 is 5.97 Å². The number of aromatic nitrogens is 3. The van der Waals surface area contributed by atoms with Crippen molar-refractivity contribution in [3.63, 3.8) is 0 Å². The van der Waals surface area contributed by atoms with Crippen LogP contribution in [0.25, 0.3) is 0 Å². The van der Waals surface area contributed by atoms with Crippen molar-refractivity contribution >= 4 is 17.7 Å². The normalized spacial score (nSPS) is 10.4. The smallest absolute Gasteiger partial charge is 0.338 e. The summed E-state index contributed by atoms with van der Waals surface area (Å²) in [5.41, 5.74) is 1.13. The second kappa shape index (κ2) is 5.01. The van der Waals surface area contributed by atoms with Crippen LogP contribution in [0.1, 0.15) is 16.1 Å². The molecule has 0 saturated carbocycles. The van der Waals surface area contributed by atoms with Gasteiger partial charge in [0.25, 0.3) is 0 Å². The predicted octanol–water partition coefficient (Wildman–Crippen LogP) is 1.81. The fourth-order valence-electron chi connectivity index (χ4n) is 1.35. The van der Waals surface area contributed by atoms with E-state index in [4.69, 9.17) is 5.11 Å². The van der Waals surface area contributed by atoms with Gasteiger partial charge >= 0.3 is 5.97 Å². The molecule has 0 spiro atoms. The highest BCUT2D eigenvalue weighted by molar-refractivity contribution is 7.98. The van der Waals surface area contributed by atoms with Gasteiger partial charge in [-0.25, -0.2) is 9.78 Å². The molecule has 0 aliphatic carbocycles. The summed E-state index contributed by atoms with van der Waals surface area (Å²) >= 11 is 1.37. The molecule has 5 nitrogen and oxygen atoms in total. The Labute approximate surface area is 102 Å². The van der Waals surface area contributed by atoms with Crippen LogP contribution in [0, 0.1) is 0 Å². The maximum absolute atomic E-state index is 11.0. The third-order valence-electron chi connectivity index (χ3n) is 2.13. The van der Waals surface area contributed by atoms with Crippen molar-refractivity contribution in [2.75, 3.05) is 0 Å². The van der Waals surface area contributed by atoms with Crippen molar-refractivity contribution in [3.8, 4) is 0 Å². The first-order chi connectivity index (χ1) is 8.16. The zero-order valence-corrected chi connectivity index (χ0v) is 10.0. The van der Waals surface area contributed by atoms with E-state index in [0.717, 1.165) is 5.69 Å². The molecule has 6 heteroatoms. The number of hydrogen-bond acceptors (Lipinski definition) is 4. The number of hydrogen-bond donors (Lipinski definition) is 1. The van der Waals surface area contributed by atoms with Gasteiger partial charge in [0, 0.05) is 25.2 Å². The monoisotopic (exact) mass is 249 g/mol. The van der Waals surface area contributed by atoms with Gasteiger partial charge in [0.15, 0.2) is 0 Å². The van der Waals surface area contributed by atoms with Crippen molar-refractivity contribution in [2.45, 2.75) is 10.8 Å². The summed E-state index contributed by atoms with van der Waals surface area (Å²) in [6.07, 6.45) is 3.44. The summed E-state index contributed by atoms with van der Waals surface area (Å²) in [6, 6.07) is 5.07. The van der Waals surface area contributed by atoms with Crippen molar-refractivity contribution in [1.29, 1.82) is 0 Å². The average Bonchev–Trinajstić information content (AvgIpc) is 2.73. The highest BCUT2D eigenvalue weighted by atomic mass is 32.2. The number of carboxylic acid groups (broad SMARTS) is 1. The molecule has 0 aliphatic heterocycles. The number of rotatable bonds is 4. The molecule has 0 fully saturated rings. The lowest BCUT2D eigenvalue weighted by Gasteiger charge is -2.02. The Kier molecular flexibility index (Phi) is 3.43. The van der Waals surface area contributed by atoms with Crippen LogP contribution < -0.4 is 0 Å². The molecular formula is C11H11N3O2S. The molecule has 0 radical (unpaired) electrons. The van der Waals surface area contributed by atoms with Gasteiger partial charge in [0.1, 0.15) is 5.03 Å². The first kappa shape index (κ1) is 11.7. The van der Waals surface area contributed by atoms with Crippen molar-refractivity contribution in [2.24, 2.45) is 7.05 Å². The largest absolute Gasteiger partial charge is 0.478 e. The summed E-state index contributed by atoms with van der Waals surface area (Å²) < 4.78 is 1.71. The third kappa shape index (κ3) is 2.85. The zero-order valence-electron chi connectivity index (χ0n) is 9.20. The molecule has 0 aliphatic rings. The van der Waals surface area contributed by atoms with E-state index in [1.54, 1.807) is 23.0 Å². The molecule has 0 atom stereocenters. The van der Waals surface area contributed by atoms with Crippen molar-refractivity contribution < 1.29 is 9.90 Å². The van der Waals surface area contributed by atoms with Gasteiger partial charge in [-0.1, -0.05) is 11.8 Å². The summed E-state index contributed by atoms with van der Waals surface area (Å²) in [5, 5.41) is 13.7. The molecule has 0 amide bonds. The molecule has 0 aromatic carbocycles. The van der Waals surface area contributed by atoms with Crippen LogP contribution in [0.3, 0.4) is 0 Å². The van der Waals surface area contributed by atoms with Gasteiger partial charge in [-0.05, 0) is 18.2 Å². The van der Waals surface area contributed by atoms with Gasteiger partial charge in [-0.3, -0.25) is 4.68 Å². The Bertz CT molecular complexity index is 539. The number of aromatic carboxylic acids is 1. The van der Waals surface area contributed by atoms with E-state index in [1.807, 2.05) is 19.3 Å². The third-order valence-corrected chi connectivity index (χ3v) is 3.17. The van der Waals surface area contributed by atoms with Crippen LogP contribution in [0.2, 0.25) is 0 Å². The lowest BCUT2D eigenvalue weighted by molar-refractivity contribution is 0.0692. The van der Waals surface area contributed by atoms with E-state index in [1.165, 1.54) is 11.8 Å². The van der Waals surface area contributed by atoms with Crippen LogP contribution >= 0.6 is 11.8 Å². The minimum absolute atomic E-state index is 0.230. The number of aryl methyl sites for hydroxylation is 1. The Morgan fingerprint density at radius 1 is 1.53 bits per heavy atom. The molecule has 0 saturated heterocycles. The summed E-state index contributed by atoms with van der Waals surface area (Å²) in [4.78, 5) is 15.0. The zero-order chi connectivity index (χ0) is 12.3. The molecule has 2 aromatic rings. The van der Waals surface area contributed by atoms with E-state index in [9.17, 15) is 4.79 Å². The highest BCUT2D eigenvalue weighted by Crippen LogP contribution is 2.23. The van der Waals surface area contributed by atoms with E-state index in [0.29, 0.717) is 10.8 Å². The van der Waals surface area contributed by atoms with E-state index >= 15 is 0 Å². The molecular weight excluding hydrogens is 238 g/mol. The molecule has 0 bridgehead atoms. The van der Waals surface area contributed by atoms with E-state index in [2.05, 4.69) is 10.1 Å². The first-order valence-corrected chi connectivity index (χ1v) is 5.95. The molecule has 2 rings (SSSR count). The predicted molar refractivity (Wildman–Crippen MR) is 64.0 cm³/mol. The van der Waals surface area contributed by atoms with Gasteiger partial charge in [-0.2, -0.15) is 5.10 Å².